The third-order valence-electron chi connectivity index (χ3n) is 4.33. The van der Waals surface area contributed by atoms with Crippen LogP contribution in [0.3, 0.4) is 0 Å². The molecule has 1 rings (SSSR count). The van der Waals surface area contributed by atoms with Crippen LogP contribution in [0.2, 0.25) is 0 Å². The standard InChI is InChI=1S/C15H31N/c1-4-12-16-13-11-15(2,3)14-9-7-5-6-8-10-14/h14,16H,4-13H2,1-3H3. The third-order valence-corrected chi connectivity index (χ3v) is 4.33. The molecule has 0 atom stereocenters. The summed E-state index contributed by atoms with van der Waals surface area (Å²) in [7, 11) is 0. The molecule has 16 heavy (non-hydrogen) atoms. The van der Waals surface area contributed by atoms with Crippen molar-refractivity contribution in [2.75, 3.05) is 13.1 Å². The predicted molar refractivity (Wildman–Crippen MR) is 72.8 cm³/mol. The zero-order valence-electron chi connectivity index (χ0n) is 11.6. The maximum atomic E-state index is 3.55. The van der Waals surface area contributed by atoms with Gasteiger partial charge in [0.2, 0.25) is 0 Å². The smallest absolute Gasteiger partial charge is 0.00437 e. The molecule has 0 amide bonds. The SMILES string of the molecule is CCCNCCC(C)(C)C1CCCCCC1. The van der Waals surface area contributed by atoms with E-state index in [2.05, 4.69) is 26.1 Å². The van der Waals surface area contributed by atoms with Gasteiger partial charge in [-0.3, -0.25) is 0 Å². The van der Waals surface area contributed by atoms with Crippen LogP contribution in [-0.2, 0) is 0 Å². The largest absolute Gasteiger partial charge is 0.317 e. The highest BCUT2D eigenvalue weighted by Gasteiger charge is 2.28. The second-order valence-electron chi connectivity index (χ2n) is 6.18. The van der Waals surface area contributed by atoms with Gasteiger partial charge in [0, 0.05) is 0 Å². The molecule has 1 aliphatic rings. The van der Waals surface area contributed by atoms with Gasteiger partial charge in [-0.1, -0.05) is 46.5 Å². The number of hydrogen-bond donors (Lipinski definition) is 1. The van der Waals surface area contributed by atoms with Gasteiger partial charge in [-0.05, 0) is 50.1 Å². The molecule has 1 fully saturated rings. The van der Waals surface area contributed by atoms with Crippen LogP contribution in [0.15, 0.2) is 0 Å². The summed E-state index contributed by atoms with van der Waals surface area (Å²) in [6, 6.07) is 0. The fourth-order valence-electron chi connectivity index (χ4n) is 2.98. The minimum absolute atomic E-state index is 0.547. The molecule has 1 aliphatic carbocycles. The summed E-state index contributed by atoms with van der Waals surface area (Å²) in [5, 5.41) is 3.55. The highest BCUT2D eigenvalue weighted by Crippen LogP contribution is 2.39. The van der Waals surface area contributed by atoms with Crippen LogP contribution in [0.25, 0.3) is 0 Å². The normalized spacial score (nSPS) is 19.7. The zero-order valence-corrected chi connectivity index (χ0v) is 11.6. The summed E-state index contributed by atoms with van der Waals surface area (Å²) in [6.45, 7) is 9.59. The minimum Gasteiger partial charge on any atom is -0.317 e. The van der Waals surface area contributed by atoms with Gasteiger partial charge >= 0.3 is 0 Å². The molecular weight excluding hydrogens is 194 g/mol. The summed E-state index contributed by atoms with van der Waals surface area (Å²) < 4.78 is 0. The second kappa shape index (κ2) is 7.32. The summed E-state index contributed by atoms with van der Waals surface area (Å²) in [5.74, 6) is 0.971. The van der Waals surface area contributed by atoms with Gasteiger partial charge < -0.3 is 5.32 Å². The third kappa shape index (κ3) is 4.86. The number of rotatable bonds is 6. The minimum atomic E-state index is 0.547. The van der Waals surface area contributed by atoms with Crippen molar-refractivity contribution in [3.8, 4) is 0 Å². The Morgan fingerprint density at radius 3 is 2.19 bits per heavy atom. The average Bonchev–Trinajstić information content (AvgIpc) is 2.53. The Hall–Kier alpha value is -0.0400. The van der Waals surface area contributed by atoms with E-state index in [9.17, 15) is 0 Å². The molecule has 1 nitrogen and oxygen atoms in total. The first-order valence-electron chi connectivity index (χ1n) is 7.37. The molecule has 1 saturated carbocycles. The van der Waals surface area contributed by atoms with Gasteiger partial charge in [0.15, 0.2) is 0 Å². The summed E-state index contributed by atoms with van der Waals surface area (Å²) in [4.78, 5) is 0. The predicted octanol–water partition coefficient (Wildman–Crippen LogP) is 4.37. The highest BCUT2D eigenvalue weighted by molar-refractivity contribution is 4.80. The summed E-state index contributed by atoms with van der Waals surface area (Å²) in [5.41, 5.74) is 0.547. The first-order valence-corrected chi connectivity index (χ1v) is 7.37. The van der Waals surface area contributed by atoms with Gasteiger partial charge in [-0.15, -0.1) is 0 Å². The Kier molecular flexibility index (Phi) is 6.41. The molecule has 0 spiro atoms. The molecule has 0 bridgehead atoms. The lowest BCUT2D eigenvalue weighted by Gasteiger charge is -2.34. The van der Waals surface area contributed by atoms with E-state index in [1.54, 1.807) is 0 Å². The van der Waals surface area contributed by atoms with Crippen molar-refractivity contribution in [3.05, 3.63) is 0 Å². The molecule has 1 heteroatoms. The molecule has 1 N–H and O–H groups in total. The van der Waals surface area contributed by atoms with Crippen LogP contribution in [0.1, 0.15) is 72.1 Å². The van der Waals surface area contributed by atoms with E-state index < -0.39 is 0 Å². The first kappa shape index (κ1) is 14.0. The van der Waals surface area contributed by atoms with Crippen molar-refractivity contribution in [1.29, 1.82) is 0 Å². The van der Waals surface area contributed by atoms with Crippen molar-refractivity contribution >= 4 is 0 Å². The van der Waals surface area contributed by atoms with Crippen LogP contribution < -0.4 is 5.32 Å². The lowest BCUT2D eigenvalue weighted by atomic mass is 9.72. The van der Waals surface area contributed by atoms with Crippen LogP contribution in [0.4, 0.5) is 0 Å². The Morgan fingerprint density at radius 1 is 1.00 bits per heavy atom. The van der Waals surface area contributed by atoms with Gasteiger partial charge in [-0.2, -0.15) is 0 Å². The van der Waals surface area contributed by atoms with Crippen molar-refractivity contribution in [2.24, 2.45) is 11.3 Å². The lowest BCUT2D eigenvalue weighted by Crippen LogP contribution is -2.29. The van der Waals surface area contributed by atoms with Gasteiger partial charge in [-0.25, -0.2) is 0 Å². The molecule has 0 heterocycles. The molecule has 0 radical (unpaired) electrons. The zero-order chi connectivity index (χ0) is 11.9. The van der Waals surface area contributed by atoms with E-state index in [0.717, 1.165) is 5.92 Å². The molecular formula is C15H31N. The van der Waals surface area contributed by atoms with Gasteiger partial charge in [0.05, 0.1) is 0 Å². The van der Waals surface area contributed by atoms with E-state index >= 15 is 0 Å². The first-order chi connectivity index (χ1) is 7.67. The monoisotopic (exact) mass is 225 g/mol. The Labute approximate surface area is 102 Å². The van der Waals surface area contributed by atoms with Crippen LogP contribution >= 0.6 is 0 Å². The highest BCUT2D eigenvalue weighted by atomic mass is 14.8. The molecule has 0 aromatic heterocycles. The molecule has 0 unspecified atom stereocenters. The molecule has 0 aromatic carbocycles. The average molecular weight is 225 g/mol. The quantitative estimate of drug-likeness (QED) is 0.523. The van der Waals surface area contributed by atoms with Crippen molar-refractivity contribution in [3.63, 3.8) is 0 Å². The molecule has 0 saturated heterocycles. The second-order valence-corrected chi connectivity index (χ2v) is 6.18. The van der Waals surface area contributed by atoms with Crippen molar-refractivity contribution in [2.45, 2.75) is 72.1 Å². The van der Waals surface area contributed by atoms with E-state index in [4.69, 9.17) is 0 Å². The Morgan fingerprint density at radius 2 is 1.62 bits per heavy atom. The Balaban J connectivity index is 2.29. The Bertz CT molecular complexity index is 166. The fourth-order valence-corrected chi connectivity index (χ4v) is 2.98. The van der Waals surface area contributed by atoms with E-state index in [1.807, 2.05) is 0 Å². The topological polar surface area (TPSA) is 12.0 Å². The molecule has 0 aromatic rings. The molecule has 0 aliphatic heterocycles. The van der Waals surface area contributed by atoms with Gasteiger partial charge in [0.1, 0.15) is 0 Å². The summed E-state index contributed by atoms with van der Waals surface area (Å²) in [6.07, 6.45) is 11.4. The molecule has 96 valence electrons. The van der Waals surface area contributed by atoms with E-state index in [0.29, 0.717) is 5.41 Å². The van der Waals surface area contributed by atoms with Crippen LogP contribution in [-0.4, -0.2) is 13.1 Å². The summed E-state index contributed by atoms with van der Waals surface area (Å²) >= 11 is 0. The van der Waals surface area contributed by atoms with E-state index in [-0.39, 0.29) is 0 Å². The number of hydrogen-bond acceptors (Lipinski definition) is 1. The maximum Gasteiger partial charge on any atom is -0.00437 e. The number of nitrogens with one attached hydrogen (secondary N) is 1. The fraction of sp³-hybridized carbons (Fsp3) is 1.00. The van der Waals surface area contributed by atoms with Crippen LogP contribution in [0, 0.1) is 11.3 Å². The van der Waals surface area contributed by atoms with Crippen molar-refractivity contribution in [1.82, 2.24) is 5.32 Å². The van der Waals surface area contributed by atoms with Crippen molar-refractivity contribution < 1.29 is 0 Å². The maximum absolute atomic E-state index is 3.55. The van der Waals surface area contributed by atoms with Gasteiger partial charge in [0.25, 0.3) is 0 Å². The lowest BCUT2D eigenvalue weighted by molar-refractivity contribution is 0.173. The van der Waals surface area contributed by atoms with Crippen LogP contribution in [0.5, 0.6) is 0 Å². The van der Waals surface area contributed by atoms with E-state index in [1.165, 1.54) is 64.5 Å².